The Morgan fingerprint density at radius 3 is 2.53 bits per heavy atom. The second-order valence-electron chi connectivity index (χ2n) is 3.85. The highest BCUT2D eigenvalue weighted by atomic mass is 35.5. The number of thiophene rings is 1. The Morgan fingerprint density at radius 1 is 1.53 bits per heavy atom. The summed E-state index contributed by atoms with van der Waals surface area (Å²) in [7, 11) is -1.85. The monoisotopic (exact) mass is 267 g/mol. The third kappa shape index (κ3) is 2.53. The van der Waals surface area contributed by atoms with Crippen LogP contribution in [0, 0.1) is 0 Å². The molecule has 0 N–H and O–H groups in total. The molecule has 3 nitrogen and oxygen atoms in total. The molecule has 1 aromatic heterocycles. The van der Waals surface area contributed by atoms with Crippen LogP contribution in [0.1, 0.15) is 13.8 Å². The minimum atomic E-state index is -3.40. The van der Waals surface area contributed by atoms with Crippen LogP contribution in [0.3, 0.4) is 0 Å². The largest absolute Gasteiger partial charge is 0.252 e. The quantitative estimate of drug-likeness (QED) is 0.786. The van der Waals surface area contributed by atoms with Gasteiger partial charge >= 0.3 is 0 Å². The molecule has 0 aliphatic heterocycles. The van der Waals surface area contributed by atoms with Crippen LogP contribution in [0.25, 0.3) is 0 Å². The van der Waals surface area contributed by atoms with Gasteiger partial charge in [0.1, 0.15) is 4.21 Å². The Bertz CT molecular complexity index is 411. The van der Waals surface area contributed by atoms with Crippen molar-refractivity contribution in [3.63, 3.8) is 0 Å². The Hall–Kier alpha value is -0.100. The first kappa shape index (κ1) is 13.0. The lowest BCUT2D eigenvalue weighted by Crippen LogP contribution is -2.46. The van der Waals surface area contributed by atoms with Crippen LogP contribution in [0.5, 0.6) is 0 Å². The number of nitrogens with zero attached hydrogens (tertiary/aromatic N) is 1. The molecule has 0 spiro atoms. The zero-order valence-corrected chi connectivity index (χ0v) is 11.3. The van der Waals surface area contributed by atoms with Crippen molar-refractivity contribution in [2.45, 2.75) is 23.6 Å². The molecule has 0 amide bonds. The number of rotatable bonds is 4. The molecule has 0 fully saturated rings. The van der Waals surface area contributed by atoms with E-state index in [1.165, 1.54) is 15.6 Å². The summed E-state index contributed by atoms with van der Waals surface area (Å²) in [5, 5.41) is 1.74. The van der Waals surface area contributed by atoms with Gasteiger partial charge in [-0.05, 0) is 25.3 Å². The minimum absolute atomic E-state index is 0.258. The molecule has 0 radical (unpaired) electrons. The lowest BCUT2D eigenvalue weighted by Gasteiger charge is -2.32. The fourth-order valence-corrected chi connectivity index (χ4v) is 3.88. The zero-order valence-electron chi connectivity index (χ0n) is 8.90. The standard InChI is InChI=1S/C9H14ClNO2S2/c1-9(2,7-10)11(3)15(12,13)8-5-4-6-14-8/h4-6H,7H2,1-3H3. The summed E-state index contributed by atoms with van der Waals surface area (Å²) in [6.45, 7) is 3.59. The predicted octanol–water partition coefficient (Wildman–Crippen LogP) is 2.39. The van der Waals surface area contributed by atoms with E-state index in [1.807, 2.05) is 0 Å². The van der Waals surface area contributed by atoms with Gasteiger partial charge in [-0.15, -0.1) is 22.9 Å². The van der Waals surface area contributed by atoms with Crippen LogP contribution in [0.15, 0.2) is 21.7 Å². The van der Waals surface area contributed by atoms with Gasteiger partial charge in [0.25, 0.3) is 10.0 Å². The molecule has 0 atom stereocenters. The predicted molar refractivity (Wildman–Crippen MR) is 64.1 cm³/mol. The van der Waals surface area contributed by atoms with Gasteiger partial charge in [-0.1, -0.05) is 6.07 Å². The zero-order chi connectivity index (χ0) is 11.7. The van der Waals surface area contributed by atoms with Gasteiger partial charge in [0.2, 0.25) is 0 Å². The van der Waals surface area contributed by atoms with Gasteiger partial charge in [-0.3, -0.25) is 0 Å². The first-order chi connectivity index (χ1) is 6.82. The summed E-state index contributed by atoms with van der Waals surface area (Å²) in [6.07, 6.45) is 0. The minimum Gasteiger partial charge on any atom is -0.206 e. The van der Waals surface area contributed by atoms with Gasteiger partial charge in [-0.2, -0.15) is 4.31 Å². The van der Waals surface area contributed by atoms with E-state index in [1.54, 1.807) is 38.4 Å². The maximum absolute atomic E-state index is 12.1. The lowest BCUT2D eigenvalue weighted by molar-refractivity contribution is 0.296. The van der Waals surface area contributed by atoms with Crippen LogP contribution in [-0.4, -0.2) is 31.2 Å². The number of hydrogen-bond donors (Lipinski definition) is 0. The Labute approximate surface area is 99.7 Å². The molecule has 0 bridgehead atoms. The van der Waals surface area contributed by atoms with Crippen molar-refractivity contribution in [1.29, 1.82) is 0 Å². The van der Waals surface area contributed by atoms with Crippen LogP contribution >= 0.6 is 22.9 Å². The van der Waals surface area contributed by atoms with Crippen LogP contribution < -0.4 is 0 Å². The fourth-order valence-electron chi connectivity index (χ4n) is 0.955. The molecule has 0 saturated heterocycles. The van der Waals surface area contributed by atoms with E-state index >= 15 is 0 Å². The van der Waals surface area contributed by atoms with Crippen molar-refractivity contribution < 1.29 is 8.42 Å². The van der Waals surface area contributed by atoms with Gasteiger partial charge < -0.3 is 0 Å². The molecule has 15 heavy (non-hydrogen) atoms. The van der Waals surface area contributed by atoms with Crippen LogP contribution in [0.4, 0.5) is 0 Å². The maximum atomic E-state index is 12.1. The van der Waals surface area contributed by atoms with E-state index in [2.05, 4.69) is 0 Å². The molecular weight excluding hydrogens is 254 g/mol. The smallest absolute Gasteiger partial charge is 0.206 e. The topological polar surface area (TPSA) is 37.4 Å². The van der Waals surface area contributed by atoms with Gasteiger partial charge in [0.15, 0.2) is 0 Å². The van der Waals surface area contributed by atoms with E-state index in [0.29, 0.717) is 4.21 Å². The Balaban J connectivity index is 3.09. The van der Waals surface area contributed by atoms with Crippen molar-refractivity contribution in [3.8, 4) is 0 Å². The van der Waals surface area contributed by atoms with E-state index < -0.39 is 15.6 Å². The summed E-state index contributed by atoms with van der Waals surface area (Å²) in [5.41, 5.74) is -0.579. The van der Waals surface area contributed by atoms with Crippen LogP contribution in [-0.2, 0) is 10.0 Å². The maximum Gasteiger partial charge on any atom is 0.252 e. The summed E-state index contributed by atoms with van der Waals surface area (Å²) in [5.74, 6) is 0.258. The van der Waals surface area contributed by atoms with E-state index in [0.717, 1.165) is 0 Å². The number of halogens is 1. The van der Waals surface area contributed by atoms with Crippen molar-refractivity contribution in [3.05, 3.63) is 17.5 Å². The van der Waals surface area contributed by atoms with Gasteiger partial charge in [-0.25, -0.2) is 8.42 Å². The Kier molecular flexibility index (Phi) is 3.81. The Morgan fingerprint density at radius 2 is 2.13 bits per heavy atom. The number of hydrogen-bond acceptors (Lipinski definition) is 3. The molecule has 0 aliphatic carbocycles. The molecule has 6 heteroatoms. The number of sulfonamides is 1. The highest BCUT2D eigenvalue weighted by Crippen LogP contribution is 2.26. The third-order valence-electron chi connectivity index (χ3n) is 2.29. The highest BCUT2D eigenvalue weighted by molar-refractivity contribution is 7.91. The molecular formula is C9H14ClNO2S2. The molecule has 0 unspecified atom stereocenters. The van der Waals surface area contributed by atoms with E-state index in [9.17, 15) is 8.42 Å². The fraction of sp³-hybridized carbons (Fsp3) is 0.556. The normalized spacial score (nSPS) is 13.4. The van der Waals surface area contributed by atoms with Crippen molar-refractivity contribution in [2.24, 2.45) is 0 Å². The van der Waals surface area contributed by atoms with Crippen LogP contribution in [0.2, 0.25) is 0 Å². The molecule has 1 aromatic rings. The summed E-state index contributed by atoms with van der Waals surface area (Å²) < 4.78 is 25.8. The average molecular weight is 268 g/mol. The average Bonchev–Trinajstić information content (AvgIpc) is 2.69. The van der Waals surface area contributed by atoms with Gasteiger partial charge in [0.05, 0.1) is 0 Å². The first-order valence-electron chi connectivity index (χ1n) is 4.41. The van der Waals surface area contributed by atoms with Crippen molar-refractivity contribution in [1.82, 2.24) is 4.31 Å². The molecule has 1 heterocycles. The summed E-state index contributed by atoms with van der Waals surface area (Å²) in [4.78, 5) is 0. The molecule has 1 rings (SSSR count). The third-order valence-corrected chi connectivity index (χ3v) is 6.39. The highest BCUT2D eigenvalue weighted by Gasteiger charge is 2.33. The molecule has 0 aromatic carbocycles. The SMILES string of the molecule is CN(C(C)(C)CCl)S(=O)(=O)c1cccs1. The van der Waals surface area contributed by atoms with Crippen molar-refractivity contribution >= 4 is 33.0 Å². The summed E-state index contributed by atoms with van der Waals surface area (Å²) in [6, 6.07) is 3.32. The molecule has 86 valence electrons. The molecule has 0 aliphatic rings. The number of alkyl halides is 1. The summed E-state index contributed by atoms with van der Waals surface area (Å²) >= 11 is 6.96. The van der Waals surface area contributed by atoms with E-state index in [-0.39, 0.29) is 5.88 Å². The second kappa shape index (κ2) is 4.41. The van der Waals surface area contributed by atoms with Gasteiger partial charge in [0, 0.05) is 18.5 Å². The van der Waals surface area contributed by atoms with Crippen molar-refractivity contribution in [2.75, 3.05) is 12.9 Å². The van der Waals surface area contributed by atoms with E-state index in [4.69, 9.17) is 11.6 Å². The molecule has 0 saturated carbocycles. The first-order valence-corrected chi connectivity index (χ1v) is 7.26. The lowest BCUT2D eigenvalue weighted by atomic mass is 10.1. The second-order valence-corrected chi connectivity index (χ2v) is 7.26.